The molecule has 2 aromatic rings. The van der Waals surface area contributed by atoms with Crippen LogP contribution < -0.4 is 0 Å². The maximum absolute atomic E-state index is 10.2. The van der Waals surface area contributed by atoms with Crippen molar-refractivity contribution in [2.75, 3.05) is 0 Å². The van der Waals surface area contributed by atoms with Crippen LogP contribution in [0.1, 0.15) is 54.8 Å². The number of carboxylic acid groups (broad SMARTS) is 2. The Morgan fingerprint density at radius 2 is 1.11 bits per heavy atom. The molecule has 0 bridgehead atoms. The zero-order valence-electron chi connectivity index (χ0n) is 16.7. The lowest BCUT2D eigenvalue weighted by atomic mass is 9.86. The van der Waals surface area contributed by atoms with Crippen LogP contribution in [0.2, 0.25) is 0 Å². The van der Waals surface area contributed by atoms with Gasteiger partial charge >= 0.3 is 11.9 Å². The third kappa shape index (κ3) is 11.8. The van der Waals surface area contributed by atoms with E-state index < -0.39 is 24.1 Å². The highest BCUT2D eigenvalue weighted by molar-refractivity contribution is 5.87. The Morgan fingerprint density at radius 3 is 1.25 bits per heavy atom. The van der Waals surface area contributed by atoms with Gasteiger partial charge in [-0.15, -0.1) is 0 Å². The quantitative estimate of drug-likeness (QED) is 0.629. The molecule has 0 aliphatic heterocycles. The van der Waals surface area contributed by atoms with Gasteiger partial charge in [0.2, 0.25) is 0 Å². The maximum Gasteiger partial charge on any atom is 0.335 e. The number of aliphatic hydroxyl groups excluding tert-OH is 2. The van der Waals surface area contributed by atoms with Crippen molar-refractivity contribution in [3.05, 3.63) is 71.8 Å². The molecular weight excluding hydrogens is 360 g/mol. The van der Waals surface area contributed by atoms with Crippen molar-refractivity contribution in [1.29, 1.82) is 0 Å². The monoisotopic (exact) mass is 390 g/mol. The summed E-state index contributed by atoms with van der Waals surface area (Å²) in [4.78, 5) is 20.4. The molecule has 6 nitrogen and oxygen atoms in total. The highest BCUT2D eigenvalue weighted by Gasteiger charge is 2.22. The first-order valence-electron chi connectivity index (χ1n) is 8.88. The lowest BCUT2D eigenvalue weighted by Crippen LogP contribution is -2.29. The summed E-state index contributed by atoms with van der Waals surface area (Å²) in [7, 11) is 0. The highest BCUT2D eigenvalue weighted by Crippen LogP contribution is 2.22. The van der Waals surface area contributed by atoms with E-state index in [0.717, 1.165) is 0 Å². The molecule has 0 heterocycles. The SMILES string of the molecule is CC(O)CC(O)C(C)(C)C.O=C(O)c1ccccc1.O=C(O)c1ccccc1. The van der Waals surface area contributed by atoms with Crippen molar-refractivity contribution in [1.82, 2.24) is 0 Å². The summed E-state index contributed by atoms with van der Waals surface area (Å²) in [6.07, 6.45) is -0.356. The minimum Gasteiger partial charge on any atom is -0.478 e. The molecule has 2 unspecified atom stereocenters. The predicted octanol–water partition coefficient (Wildman–Crippen LogP) is 3.93. The van der Waals surface area contributed by atoms with Gasteiger partial charge in [-0.3, -0.25) is 0 Å². The van der Waals surface area contributed by atoms with Gasteiger partial charge < -0.3 is 20.4 Å². The zero-order valence-corrected chi connectivity index (χ0v) is 16.7. The van der Waals surface area contributed by atoms with Gasteiger partial charge in [-0.25, -0.2) is 9.59 Å². The summed E-state index contributed by atoms with van der Waals surface area (Å²) in [6.45, 7) is 7.56. The number of aliphatic hydroxyl groups is 2. The largest absolute Gasteiger partial charge is 0.478 e. The third-order valence-corrected chi connectivity index (χ3v) is 3.61. The number of carboxylic acids is 2. The van der Waals surface area contributed by atoms with Gasteiger partial charge in [-0.05, 0) is 43.0 Å². The Morgan fingerprint density at radius 1 is 0.786 bits per heavy atom. The fourth-order valence-electron chi connectivity index (χ4n) is 1.84. The number of carbonyl (C=O) groups is 2. The Balaban J connectivity index is 0.000000391. The summed E-state index contributed by atoms with van der Waals surface area (Å²) in [6, 6.07) is 16.6. The number of benzene rings is 2. The summed E-state index contributed by atoms with van der Waals surface area (Å²) in [5.74, 6) is -1.76. The second-order valence-corrected chi connectivity index (χ2v) is 7.31. The van der Waals surface area contributed by atoms with Crippen LogP contribution in [0.4, 0.5) is 0 Å². The molecule has 0 aliphatic carbocycles. The molecule has 0 spiro atoms. The normalized spacial score (nSPS) is 12.4. The lowest BCUT2D eigenvalue weighted by molar-refractivity contribution is 0.0188. The van der Waals surface area contributed by atoms with E-state index in [4.69, 9.17) is 15.3 Å². The van der Waals surface area contributed by atoms with Crippen LogP contribution >= 0.6 is 0 Å². The summed E-state index contributed by atoms with van der Waals surface area (Å²) in [5, 5.41) is 35.1. The Labute approximate surface area is 166 Å². The molecule has 4 N–H and O–H groups in total. The van der Waals surface area contributed by atoms with Gasteiger partial charge in [0.15, 0.2) is 0 Å². The average Bonchev–Trinajstić information content (AvgIpc) is 2.63. The first kappa shape index (κ1) is 25.3. The number of aromatic carboxylic acids is 2. The Bertz CT molecular complexity index is 640. The second kappa shape index (κ2) is 12.6. The van der Waals surface area contributed by atoms with Gasteiger partial charge in [-0.1, -0.05) is 57.2 Å². The molecule has 2 atom stereocenters. The Hall–Kier alpha value is -2.70. The molecule has 0 radical (unpaired) electrons. The van der Waals surface area contributed by atoms with Crippen molar-refractivity contribution in [2.45, 2.75) is 46.3 Å². The van der Waals surface area contributed by atoms with Crippen LogP contribution in [-0.4, -0.2) is 44.6 Å². The van der Waals surface area contributed by atoms with E-state index in [-0.39, 0.29) is 5.41 Å². The van der Waals surface area contributed by atoms with E-state index in [1.165, 1.54) is 0 Å². The molecule has 154 valence electrons. The fourth-order valence-corrected chi connectivity index (χ4v) is 1.84. The van der Waals surface area contributed by atoms with Gasteiger partial charge in [0.05, 0.1) is 23.3 Å². The van der Waals surface area contributed by atoms with Crippen LogP contribution in [0.5, 0.6) is 0 Å². The van der Waals surface area contributed by atoms with Gasteiger partial charge in [0, 0.05) is 0 Å². The zero-order chi connectivity index (χ0) is 21.7. The maximum atomic E-state index is 10.2. The minimum atomic E-state index is -0.879. The van der Waals surface area contributed by atoms with E-state index in [0.29, 0.717) is 17.5 Å². The standard InChI is InChI=1S/C8H18O2.2C7H6O2/c1-6(9)5-7(10)8(2,3)4;2*8-7(9)6-4-2-1-3-5-6/h6-7,9-10H,5H2,1-4H3;2*1-5H,(H,8,9). The van der Waals surface area contributed by atoms with Gasteiger partial charge in [0.25, 0.3) is 0 Å². The topological polar surface area (TPSA) is 115 Å². The molecule has 6 heteroatoms. The minimum absolute atomic E-state index is 0.114. The number of hydrogen-bond donors (Lipinski definition) is 4. The molecule has 2 aromatic carbocycles. The van der Waals surface area contributed by atoms with Crippen LogP contribution in [0.25, 0.3) is 0 Å². The molecule has 28 heavy (non-hydrogen) atoms. The Kier molecular flexibility index (Phi) is 11.4. The average molecular weight is 390 g/mol. The van der Waals surface area contributed by atoms with E-state index >= 15 is 0 Å². The lowest BCUT2D eigenvalue weighted by Gasteiger charge is -2.26. The summed E-state index contributed by atoms with van der Waals surface area (Å²) in [5.41, 5.74) is 0.548. The first-order valence-corrected chi connectivity index (χ1v) is 8.88. The highest BCUT2D eigenvalue weighted by atomic mass is 16.4. The first-order chi connectivity index (χ1) is 12.9. The summed E-state index contributed by atoms with van der Waals surface area (Å²) < 4.78 is 0. The van der Waals surface area contributed by atoms with Gasteiger partial charge in [-0.2, -0.15) is 0 Å². The molecule has 0 saturated carbocycles. The molecule has 0 aromatic heterocycles. The predicted molar refractivity (Wildman–Crippen MR) is 109 cm³/mol. The molecule has 0 aliphatic rings. The second-order valence-electron chi connectivity index (χ2n) is 7.31. The van der Waals surface area contributed by atoms with E-state index in [2.05, 4.69) is 0 Å². The van der Waals surface area contributed by atoms with Crippen LogP contribution in [-0.2, 0) is 0 Å². The van der Waals surface area contributed by atoms with Crippen LogP contribution in [0, 0.1) is 5.41 Å². The van der Waals surface area contributed by atoms with E-state index in [1.807, 2.05) is 20.8 Å². The van der Waals surface area contributed by atoms with Crippen molar-refractivity contribution in [2.24, 2.45) is 5.41 Å². The molecular formula is C22H30O6. The van der Waals surface area contributed by atoms with E-state index in [1.54, 1.807) is 67.6 Å². The molecule has 0 fully saturated rings. The fraction of sp³-hybridized carbons (Fsp3) is 0.364. The van der Waals surface area contributed by atoms with Crippen LogP contribution in [0.15, 0.2) is 60.7 Å². The molecule has 0 amide bonds. The number of rotatable bonds is 4. The molecule has 0 saturated heterocycles. The smallest absolute Gasteiger partial charge is 0.335 e. The van der Waals surface area contributed by atoms with E-state index in [9.17, 15) is 14.7 Å². The van der Waals surface area contributed by atoms with Crippen molar-refractivity contribution in [3.63, 3.8) is 0 Å². The van der Waals surface area contributed by atoms with Crippen molar-refractivity contribution >= 4 is 11.9 Å². The van der Waals surface area contributed by atoms with Gasteiger partial charge in [0.1, 0.15) is 0 Å². The van der Waals surface area contributed by atoms with Crippen molar-refractivity contribution < 1.29 is 30.0 Å². The third-order valence-electron chi connectivity index (χ3n) is 3.61. The van der Waals surface area contributed by atoms with Crippen LogP contribution in [0.3, 0.4) is 0 Å². The van der Waals surface area contributed by atoms with Crippen molar-refractivity contribution in [3.8, 4) is 0 Å². The molecule has 2 rings (SSSR count). The number of hydrogen-bond acceptors (Lipinski definition) is 4. The summed E-state index contributed by atoms with van der Waals surface area (Å²) >= 11 is 0.